The van der Waals surface area contributed by atoms with Gasteiger partial charge in [0.15, 0.2) is 0 Å². The molecule has 19 heavy (non-hydrogen) atoms. The summed E-state index contributed by atoms with van der Waals surface area (Å²) >= 11 is 0. The number of nitrogens with two attached hydrogens (primary N) is 1. The number of amides is 1. The molecule has 0 saturated heterocycles. The van der Waals surface area contributed by atoms with Crippen molar-refractivity contribution in [1.82, 2.24) is 0 Å². The summed E-state index contributed by atoms with van der Waals surface area (Å²) in [6.07, 6.45) is -2.93. The van der Waals surface area contributed by atoms with Gasteiger partial charge in [-0.2, -0.15) is 0 Å². The SMILES string of the molecule is CCCCCC(O[C@H]1C[C@@H](OC(F)(F)F)C1)C(N)=O. The van der Waals surface area contributed by atoms with Crippen molar-refractivity contribution in [3.8, 4) is 0 Å². The van der Waals surface area contributed by atoms with E-state index in [4.69, 9.17) is 10.5 Å². The van der Waals surface area contributed by atoms with E-state index in [2.05, 4.69) is 4.74 Å². The van der Waals surface area contributed by atoms with E-state index < -0.39 is 24.5 Å². The molecule has 2 N–H and O–H groups in total. The van der Waals surface area contributed by atoms with Gasteiger partial charge in [0.2, 0.25) is 5.91 Å². The first kappa shape index (κ1) is 16.2. The lowest BCUT2D eigenvalue weighted by Gasteiger charge is -2.36. The summed E-state index contributed by atoms with van der Waals surface area (Å²) in [4.78, 5) is 11.2. The maximum Gasteiger partial charge on any atom is 0.522 e. The van der Waals surface area contributed by atoms with Crippen LogP contribution < -0.4 is 5.73 Å². The Morgan fingerprint density at radius 1 is 1.32 bits per heavy atom. The standard InChI is InChI=1S/C12H20F3NO3/c1-2-3-4-5-10(11(16)17)18-8-6-9(7-8)19-12(13,14)15/h8-10H,2-7H2,1H3,(H2,16,17)/t8-,9+,10?. The quantitative estimate of drug-likeness (QED) is 0.696. The number of alkyl halides is 3. The van der Waals surface area contributed by atoms with Crippen LogP contribution in [0.1, 0.15) is 45.4 Å². The highest BCUT2D eigenvalue weighted by molar-refractivity contribution is 5.78. The fraction of sp³-hybridized carbons (Fsp3) is 0.917. The minimum absolute atomic E-state index is 0.150. The zero-order chi connectivity index (χ0) is 14.5. The maximum atomic E-state index is 11.9. The lowest BCUT2D eigenvalue weighted by Crippen LogP contribution is -2.45. The Hall–Kier alpha value is -0.820. The highest BCUT2D eigenvalue weighted by atomic mass is 19.4. The van der Waals surface area contributed by atoms with Crippen LogP contribution in [0.5, 0.6) is 0 Å². The number of ether oxygens (including phenoxy) is 2. The van der Waals surface area contributed by atoms with Gasteiger partial charge in [-0.1, -0.05) is 26.2 Å². The van der Waals surface area contributed by atoms with Gasteiger partial charge in [-0.15, -0.1) is 13.2 Å². The minimum atomic E-state index is -4.61. The lowest BCUT2D eigenvalue weighted by atomic mass is 9.91. The van der Waals surface area contributed by atoms with Crippen molar-refractivity contribution < 1.29 is 27.4 Å². The maximum absolute atomic E-state index is 11.9. The molecule has 1 unspecified atom stereocenters. The third kappa shape index (κ3) is 6.24. The number of primary amides is 1. The molecule has 1 aliphatic rings. The topological polar surface area (TPSA) is 61.6 Å². The third-order valence-electron chi connectivity index (χ3n) is 3.10. The summed E-state index contributed by atoms with van der Waals surface area (Å²) in [5, 5.41) is 0. The van der Waals surface area contributed by atoms with Crippen LogP contribution in [0.15, 0.2) is 0 Å². The molecule has 0 aromatic heterocycles. The van der Waals surface area contributed by atoms with Crippen molar-refractivity contribution in [3.05, 3.63) is 0 Å². The first-order valence-electron chi connectivity index (χ1n) is 6.51. The van der Waals surface area contributed by atoms with Crippen LogP contribution in [0, 0.1) is 0 Å². The van der Waals surface area contributed by atoms with E-state index in [9.17, 15) is 18.0 Å². The third-order valence-corrected chi connectivity index (χ3v) is 3.10. The molecule has 112 valence electrons. The molecule has 0 aromatic rings. The van der Waals surface area contributed by atoms with Crippen molar-refractivity contribution in [2.24, 2.45) is 5.73 Å². The van der Waals surface area contributed by atoms with Gasteiger partial charge in [0, 0.05) is 12.8 Å². The number of hydrogen-bond donors (Lipinski definition) is 1. The largest absolute Gasteiger partial charge is 0.522 e. The summed E-state index contributed by atoms with van der Waals surface area (Å²) in [5.41, 5.74) is 5.21. The molecule has 1 saturated carbocycles. The van der Waals surface area contributed by atoms with Crippen LogP contribution in [0.4, 0.5) is 13.2 Å². The molecule has 1 atom stereocenters. The normalized spacial score (nSPS) is 24.8. The molecule has 1 rings (SSSR count). The second-order valence-electron chi connectivity index (χ2n) is 4.80. The second-order valence-corrected chi connectivity index (χ2v) is 4.80. The molecule has 1 fully saturated rings. The minimum Gasteiger partial charge on any atom is -0.367 e. The number of carbonyl (C=O) groups is 1. The van der Waals surface area contributed by atoms with Crippen molar-refractivity contribution in [2.75, 3.05) is 0 Å². The zero-order valence-corrected chi connectivity index (χ0v) is 10.9. The van der Waals surface area contributed by atoms with Crippen LogP contribution in [0.3, 0.4) is 0 Å². The highest BCUT2D eigenvalue weighted by Crippen LogP contribution is 2.33. The molecule has 0 heterocycles. The summed E-state index contributed by atoms with van der Waals surface area (Å²) in [6, 6.07) is 0. The molecular weight excluding hydrogens is 263 g/mol. The van der Waals surface area contributed by atoms with Gasteiger partial charge in [-0.3, -0.25) is 9.53 Å². The predicted molar refractivity (Wildman–Crippen MR) is 62.2 cm³/mol. The van der Waals surface area contributed by atoms with Crippen LogP contribution in [0.2, 0.25) is 0 Å². The van der Waals surface area contributed by atoms with Crippen molar-refractivity contribution in [2.45, 2.75) is 70.1 Å². The Morgan fingerprint density at radius 2 is 1.95 bits per heavy atom. The molecule has 0 aliphatic heterocycles. The van der Waals surface area contributed by atoms with E-state index in [0.717, 1.165) is 19.3 Å². The van der Waals surface area contributed by atoms with Crippen LogP contribution >= 0.6 is 0 Å². The first-order chi connectivity index (χ1) is 8.81. The summed E-state index contributed by atoms with van der Waals surface area (Å²) in [7, 11) is 0. The van der Waals surface area contributed by atoms with Crippen molar-refractivity contribution >= 4 is 5.91 Å². The Bertz CT molecular complexity index is 290. The molecule has 0 radical (unpaired) electrons. The molecule has 0 aromatic carbocycles. The van der Waals surface area contributed by atoms with Gasteiger partial charge in [0.05, 0.1) is 12.2 Å². The highest BCUT2D eigenvalue weighted by Gasteiger charge is 2.41. The van der Waals surface area contributed by atoms with Crippen LogP contribution in [-0.4, -0.2) is 30.6 Å². The fourth-order valence-electron chi connectivity index (χ4n) is 2.00. The lowest BCUT2D eigenvalue weighted by molar-refractivity contribution is -0.357. The van der Waals surface area contributed by atoms with Crippen LogP contribution in [0.25, 0.3) is 0 Å². The van der Waals surface area contributed by atoms with Gasteiger partial charge >= 0.3 is 6.36 Å². The molecule has 4 nitrogen and oxygen atoms in total. The molecule has 0 spiro atoms. The van der Waals surface area contributed by atoms with Crippen molar-refractivity contribution in [3.63, 3.8) is 0 Å². The predicted octanol–water partition coefficient (Wildman–Crippen LogP) is 2.50. The number of halogens is 3. The molecule has 7 heteroatoms. The molecule has 1 aliphatic carbocycles. The van der Waals surface area contributed by atoms with E-state index in [1.165, 1.54) is 0 Å². The number of rotatable bonds is 8. The van der Waals surface area contributed by atoms with E-state index in [1.807, 2.05) is 6.92 Å². The summed E-state index contributed by atoms with van der Waals surface area (Å²) in [6.45, 7) is 2.03. The number of unbranched alkanes of at least 4 members (excludes halogenated alkanes) is 2. The zero-order valence-electron chi connectivity index (χ0n) is 10.9. The first-order valence-corrected chi connectivity index (χ1v) is 6.51. The molecule has 0 bridgehead atoms. The molecule has 1 amide bonds. The smallest absolute Gasteiger partial charge is 0.367 e. The fourth-order valence-corrected chi connectivity index (χ4v) is 2.00. The second kappa shape index (κ2) is 7.09. The monoisotopic (exact) mass is 283 g/mol. The van der Waals surface area contributed by atoms with Gasteiger partial charge in [0.1, 0.15) is 6.10 Å². The Kier molecular flexibility index (Phi) is 6.06. The number of hydrogen-bond acceptors (Lipinski definition) is 3. The Morgan fingerprint density at radius 3 is 2.42 bits per heavy atom. The van der Waals surface area contributed by atoms with E-state index in [1.54, 1.807) is 0 Å². The summed E-state index contributed by atoms with van der Waals surface area (Å²) < 4.78 is 45.0. The van der Waals surface area contributed by atoms with Crippen LogP contribution in [-0.2, 0) is 14.3 Å². The van der Waals surface area contributed by atoms with Gasteiger partial charge in [-0.05, 0) is 6.42 Å². The number of carbonyl (C=O) groups excluding carboxylic acids is 1. The van der Waals surface area contributed by atoms with Gasteiger partial charge in [-0.25, -0.2) is 0 Å². The van der Waals surface area contributed by atoms with Crippen molar-refractivity contribution in [1.29, 1.82) is 0 Å². The Balaban J connectivity index is 2.24. The average molecular weight is 283 g/mol. The Labute approximate surface area is 110 Å². The van der Waals surface area contributed by atoms with E-state index in [0.29, 0.717) is 6.42 Å². The average Bonchev–Trinajstić information content (AvgIpc) is 2.22. The van der Waals surface area contributed by atoms with E-state index in [-0.39, 0.29) is 18.9 Å². The summed E-state index contributed by atoms with van der Waals surface area (Å²) in [5.74, 6) is -0.559. The van der Waals surface area contributed by atoms with Gasteiger partial charge < -0.3 is 10.5 Å². The molecular formula is C12H20F3NO3. The van der Waals surface area contributed by atoms with E-state index >= 15 is 0 Å². The van der Waals surface area contributed by atoms with Gasteiger partial charge in [0.25, 0.3) is 0 Å².